The Morgan fingerprint density at radius 3 is 2.60 bits per heavy atom. The van der Waals surface area contributed by atoms with E-state index in [1.54, 1.807) is 0 Å². The molecule has 15 heavy (non-hydrogen) atoms. The van der Waals surface area contributed by atoms with Crippen molar-refractivity contribution in [2.75, 3.05) is 0 Å². The highest BCUT2D eigenvalue weighted by molar-refractivity contribution is 5.03. The van der Waals surface area contributed by atoms with Gasteiger partial charge in [-0.05, 0) is 25.0 Å². The van der Waals surface area contributed by atoms with Crippen molar-refractivity contribution in [3.8, 4) is 0 Å². The molecule has 1 heterocycles. The molecule has 5 nitrogen and oxygen atoms in total. The fourth-order valence-electron chi connectivity index (χ4n) is 1.10. The lowest BCUT2D eigenvalue weighted by atomic mass is 10.1. The van der Waals surface area contributed by atoms with Gasteiger partial charge in [-0.25, -0.2) is 0 Å². The van der Waals surface area contributed by atoms with Crippen LogP contribution in [0.2, 0.25) is 0 Å². The average molecular weight is 212 g/mol. The van der Waals surface area contributed by atoms with Gasteiger partial charge in [-0.15, -0.1) is 10.1 Å². The number of nitrogens with zero attached hydrogens (tertiary/aromatic N) is 2. The fourth-order valence-corrected chi connectivity index (χ4v) is 1.10. The van der Waals surface area contributed by atoms with Gasteiger partial charge in [0.25, 0.3) is 5.09 Å². The van der Waals surface area contributed by atoms with E-state index in [-0.39, 0.29) is 0 Å². The lowest BCUT2D eigenvalue weighted by molar-refractivity contribution is -0.742. The van der Waals surface area contributed by atoms with Gasteiger partial charge in [-0.3, -0.25) is 4.98 Å². The highest BCUT2D eigenvalue weighted by Crippen LogP contribution is 2.02. The third-order valence-electron chi connectivity index (χ3n) is 1.76. The van der Waals surface area contributed by atoms with Crippen molar-refractivity contribution < 1.29 is 10.3 Å². The second-order valence-corrected chi connectivity index (χ2v) is 3.02. The standard InChI is InChI=1S/C10H15N.HNO3/c1-2-3-4-7-10-8-5-6-9-11-10;2-1(3)4/h5-6,8-9H,2-4,7H2,1H3;(H,2,3,4). The first-order valence-electron chi connectivity index (χ1n) is 4.90. The number of unbranched alkanes of at least 4 members (excludes halogenated alkanes) is 2. The van der Waals surface area contributed by atoms with Crippen molar-refractivity contribution in [3.63, 3.8) is 0 Å². The number of rotatable bonds is 4. The molecular weight excluding hydrogens is 196 g/mol. The fraction of sp³-hybridized carbons (Fsp3) is 0.500. The maximum Gasteiger partial charge on any atom is 0.291 e. The minimum Gasteiger partial charge on any atom is -0.328 e. The lowest BCUT2D eigenvalue weighted by Gasteiger charge is -1.97. The van der Waals surface area contributed by atoms with E-state index < -0.39 is 5.09 Å². The number of hydrogen-bond acceptors (Lipinski definition) is 3. The van der Waals surface area contributed by atoms with Gasteiger partial charge in [0.15, 0.2) is 0 Å². The Morgan fingerprint density at radius 2 is 2.13 bits per heavy atom. The van der Waals surface area contributed by atoms with Crippen LogP contribution in [0, 0.1) is 10.1 Å². The largest absolute Gasteiger partial charge is 0.328 e. The van der Waals surface area contributed by atoms with Gasteiger partial charge in [0.2, 0.25) is 0 Å². The summed E-state index contributed by atoms with van der Waals surface area (Å²) in [5, 5.41) is 13.6. The van der Waals surface area contributed by atoms with Crippen LogP contribution in [-0.4, -0.2) is 15.3 Å². The highest BCUT2D eigenvalue weighted by Gasteiger charge is 1.90. The van der Waals surface area contributed by atoms with Gasteiger partial charge in [0.05, 0.1) is 0 Å². The molecule has 0 saturated heterocycles. The molecule has 1 rings (SSSR count). The van der Waals surface area contributed by atoms with Gasteiger partial charge in [0, 0.05) is 11.9 Å². The minimum atomic E-state index is -1.50. The molecule has 0 spiro atoms. The molecular formula is C10H16N2O3. The van der Waals surface area contributed by atoms with Crippen LogP contribution in [0.1, 0.15) is 31.9 Å². The van der Waals surface area contributed by atoms with Crippen LogP contribution < -0.4 is 0 Å². The summed E-state index contributed by atoms with van der Waals surface area (Å²) in [7, 11) is 0. The summed E-state index contributed by atoms with van der Waals surface area (Å²) >= 11 is 0. The van der Waals surface area contributed by atoms with E-state index in [2.05, 4.69) is 18.0 Å². The van der Waals surface area contributed by atoms with E-state index in [1.165, 1.54) is 25.0 Å². The van der Waals surface area contributed by atoms with Gasteiger partial charge in [-0.1, -0.05) is 25.8 Å². The Labute approximate surface area is 88.9 Å². The topological polar surface area (TPSA) is 76.3 Å². The Bertz CT molecular complexity index is 261. The molecule has 1 aromatic heterocycles. The molecule has 0 unspecified atom stereocenters. The number of hydrogen-bond donors (Lipinski definition) is 1. The van der Waals surface area contributed by atoms with Crippen LogP contribution in [0.3, 0.4) is 0 Å². The third kappa shape index (κ3) is 10.3. The van der Waals surface area contributed by atoms with Crippen LogP contribution in [0.4, 0.5) is 0 Å². The zero-order valence-electron chi connectivity index (χ0n) is 8.80. The van der Waals surface area contributed by atoms with Crippen molar-refractivity contribution in [2.24, 2.45) is 0 Å². The molecule has 0 aliphatic carbocycles. The van der Waals surface area contributed by atoms with E-state index >= 15 is 0 Å². The summed E-state index contributed by atoms with van der Waals surface area (Å²) in [6.07, 6.45) is 6.87. The molecule has 84 valence electrons. The smallest absolute Gasteiger partial charge is 0.291 e. The third-order valence-corrected chi connectivity index (χ3v) is 1.76. The second kappa shape index (κ2) is 8.93. The number of aromatic nitrogens is 1. The molecule has 0 aliphatic heterocycles. The van der Waals surface area contributed by atoms with Crippen molar-refractivity contribution in [3.05, 3.63) is 40.2 Å². The van der Waals surface area contributed by atoms with Crippen LogP contribution in [0.15, 0.2) is 24.4 Å². The van der Waals surface area contributed by atoms with Gasteiger partial charge in [0.1, 0.15) is 0 Å². The SMILES string of the molecule is CCCCCc1ccccn1.O=[N+]([O-])O. The molecule has 0 amide bonds. The van der Waals surface area contributed by atoms with Gasteiger partial charge < -0.3 is 5.21 Å². The summed E-state index contributed by atoms with van der Waals surface area (Å²) in [5.74, 6) is 0. The zero-order chi connectivity index (χ0) is 11.5. The van der Waals surface area contributed by atoms with E-state index in [1.807, 2.05) is 18.3 Å². The van der Waals surface area contributed by atoms with Crippen LogP contribution in [0.5, 0.6) is 0 Å². The normalized spacial score (nSPS) is 8.87. The Morgan fingerprint density at radius 1 is 1.47 bits per heavy atom. The summed E-state index contributed by atoms with van der Waals surface area (Å²) in [5.41, 5.74) is 1.22. The van der Waals surface area contributed by atoms with Crippen LogP contribution in [0.25, 0.3) is 0 Å². The Hall–Kier alpha value is -1.65. The quantitative estimate of drug-likeness (QED) is 0.472. The predicted molar refractivity (Wildman–Crippen MR) is 56.2 cm³/mol. The summed E-state index contributed by atoms with van der Waals surface area (Å²) in [6.45, 7) is 2.22. The summed E-state index contributed by atoms with van der Waals surface area (Å²) < 4.78 is 0. The molecule has 0 bridgehead atoms. The molecule has 5 heteroatoms. The predicted octanol–water partition coefficient (Wildman–Crippen LogP) is 2.47. The van der Waals surface area contributed by atoms with Gasteiger partial charge in [-0.2, -0.15) is 0 Å². The molecule has 1 N–H and O–H groups in total. The number of pyridine rings is 1. The molecule has 0 atom stereocenters. The first kappa shape index (κ1) is 13.4. The highest BCUT2D eigenvalue weighted by atomic mass is 16.9. The number of aryl methyl sites for hydroxylation is 1. The molecule has 0 aliphatic rings. The summed E-state index contributed by atoms with van der Waals surface area (Å²) in [6, 6.07) is 6.10. The molecule has 0 saturated carbocycles. The van der Waals surface area contributed by atoms with Crippen molar-refractivity contribution >= 4 is 0 Å². The Balaban J connectivity index is 0.000000423. The van der Waals surface area contributed by atoms with Gasteiger partial charge >= 0.3 is 0 Å². The summed E-state index contributed by atoms with van der Waals surface area (Å²) in [4.78, 5) is 12.6. The molecule has 1 aromatic rings. The first-order chi connectivity index (χ1) is 7.16. The average Bonchev–Trinajstić information content (AvgIpc) is 2.19. The van der Waals surface area contributed by atoms with Crippen LogP contribution >= 0.6 is 0 Å². The van der Waals surface area contributed by atoms with Crippen LogP contribution in [-0.2, 0) is 6.42 Å². The first-order valence-corrected chi connectivity index (χ1v) is 4.90. The second-order valence-electron chi connectivity index (χ2n) is 3.02. The lowest BCUT2D eigenvalue weighted by Crippen LogP contribution is -1.87. The zero-order valence-corrected chi connectivity index (χ0v) is 8.80. The molecule has 0 fully saturated rings. The van der Waals surface area contributed by atoms with E-state index in [0.29, 0.717) is 0 Å². The van der Waals surface area contributed by atoms with E-state index in [9.17, 15) is 0 Å². The van der Waals surface area contributed by atoms with Crippen molar-refractivity contribution in [1.82, 2.24) is 4.98 Å². The van der Waals surface area contributed by atoms with Crippen molar-refractivity contribution in [1.29, 1.82) is 0 Å². The maximum absolute atomic E-state index is 8.36. The molecule has 0 radical (unpaired) electrons. The van der Waals surface area contributed by atoms with E-state index in [0.717, 1.165) is 6.42 Å². The maximum atomic E-state index is 8.36. The van der Waals surface area contributed by atoms with E-state index in [4.69, 9.17) is 15.3 Å². The monoisotopic (exact) mass is 212 g/mol. The minimum absolute atomic E-state index is 1.13. The van der Waals surface area contributed by atoms with Crippen molar-refractivity contribution in [2.45, 2.75) is 32.6 Å². The molecule has 0 aromatic carbocycles. The Kier molecular flexibility index (Phi) is 7.94.